The van der Waals surface area contributed by atoms with E-state index in [1.807, 2.05) is 0 Å². The van der Waals surface area contributed by atoms with Crippen molar-refractivity contribution in [3.63, 3.8) is 0 Å². The van der Waals surface area contributed by atoms with Crippen LogP contribution in [0, 0.1) is 0 Å². The zero-order valence-corrected chi connectivity index (χ0v) is 10.8. The van der Waals surface area contributed by atoms with Crippen LogP contribution in [0.25, 0.3) is 0 Å². The minimum absolute atomic E-state index is 0. The maximum Gasteiger partial charge on any atom is 0.316 e. The Morgan fingerprint density at radius 1 is 1.39 bits per heavy atom. The van der Waals surface area contributed by atoms with E-state index in [0.717, 1.165) is 38.5 Å². The summed E-state index contributed by atoms with van der Waals surface area (Å²) in [6.07, 6.45) is 5.94. The van der Waals surface area contributed by atoms with Crippen LogP contribution in [-0.4, -0.2) is 22.1 Å². The summed E-state index contributed by atoms with van der Waals surface area (Å²) in [5.41, 5.74) is 5.69. The number of hydrogen-bond acceptors (Lipinski definition) is 5. The van der Waals surface area contributed by atoms with Crippen LogP contribution in [0.3, 0.4) is 0 Å². The third-order valence-corrected chi connectivity index (χ3v) is 3.47. The molecule has 0 radical (unpaired) electrons. The van der Waals surface area contributed by atoms with Crippen molar-refractivity contribution in [1.29, 1.82) is 0 Å². The molecular formula is C11H17ClN4O2. The van der Waals surface area contributed by atoms with E-state index in [2.05, 4.69) is 15.5 Å². The predicted octanol–water partition coefficient (Wildman–Crippen LogP) is 1.11. The molecule has 2 saturated carbocycles. The number of amides is 1. The van der Waals surface area contributed by atoms with Crippen LogP contribution >= 0.6 is 12.4 Å². The summed E-state index contributed by atoms with van der Waals surface area (Å²) < 4.78 is 4.98. The molecule has 0 unspecified atom stereocenters. The summed E-state index contributed by atoms with van der Waals surface area (Å²) in [7, 11) is 0. The van der Waals surface area contributed by atoms with E-state index in [-0.39, 0.29) is 30.2 Å². The first-order chi connectivity index (χ1) is 8.17. The lowest BCUT2D eigenvalue weighted by Crippen LogP contribution is -2.34. The standard InChI is InChI=1S/C11H16N4O2.ClH/c12-11(5-1-2-6-11)10-14-9(17-15-10)8(16)13-7-3-4-7;/h7H,1-6,12H2,(H,13,16);1H. The molecule has 1 aromatic heterocycles. The van der Waals surface area contributed by atoms with E-state index in [9.17, 15) is 4.79 Å². The lowest BCUT2D eigenvalue weighted by molar-refractivity contribution is 0.0907. The van der Waals surface area contributed by atoms with Gasteiger partial charge < -0.3 is 15.6 Å². The molecule has 1 amide bonds. The first-order valence-corrected chi connectivity index (χ1v) is 6.11. The topological polar surface area (TPSA) is 94.0 Å². The van der Waals surface area contributed by atoms with Gasteiger partial charge in [0.2, 0.25) is 0 Å². The number of carbonyl (C=O) groups excluding carboxylic acids is 1. The fourth-order valence-electron chi connectivity index (χ4n) is 2.22. The third kappa shape index (κ3) is 2.49. The van der Waals surface area contributed by atoms with Gasteiger partial charge in [0.1, 0.15) is 0 Å². The Kier molecular flexibility index (Phi) is 3.59. The molecule has 3 N–H and O–H groups in total. The van der Waals surface area contributed by atoms with Gasteiger partial charge in [0, 0.05) is 6.04 Å². The molecular weight excluding hydrogens is 256 g/mol. The van der Waals surface area contributed by atoms with Crippen LogP contribution in [0.4, 0.5) is 0 Å². The summed E-state index contributed by atoms with van der Waals surface area (Å²) in [4.78, 5) is 15.8. The molecule has 7 heteroatoms. The summed E-state index contributed by atoms with van der Waals surface area (Å²) in [5, 5.41) is 6.66. The summed E-state index contributed by atoms with van der Waals surface area (Å²) in [5.74, 6) is 0.215. The quantitative estimate of drug-likeness (QED) is 0.860. The number of halogens is 1. The van der Waals surface area contributed by atoms with Crippen molar-refractivity contribution in [3.8, 4) is 0 Å². The van der Waals surface area contributed by atoms with Gasteiger partial charge in [-0.05, 0) is 25.7 Å². The van der Waals surface area contributed by atoms with Gasteiger partial charge in [-0.25, -0.2) is 0 Å². The Hall–Kier alpha value is -1.14. The molecule has 0 bridgehead atoms. The molecule has 0 atom stereocenters. The highest BCUT2D eigenvalue weighted by molar-refractivity contribution is 5.89. The Bertz CT molecular complexity index is 438. The molecule has 0 aliphatic heterocycles. The summed E-state index contributed by atoms with van der Waals surface area (Å²) in [6, 6.07) is 0.288. The first kappa shape index (κ1) is 13.3. The second-order valence-corrected chi connectivity index (χ2v) is 5.03. The molecule has 100 valence electrons. The minimum Gasteiger partial charge on any atom is -0.345 e. The largest absolute Gasteiger partial charge is 0.345 e. The number of carbonyl (C=O) groups is 1. The highest BCUT2D eigenvalue weighted by atomic mass is 35.5. The number of nitrogens with one attached hydrogen (secondary N) is 1. The van der Waals surface area contributed by atoms with Gasteiger partial charge in [0.15, 0.2) is 5.82 Å². The molecule has 0 saturated heterocycles. The van der Waals surface area contributed by atoms with Crippen LogP contribution < -0.4 is 11.1 Å². The molecule has 2 aliphatic rings. The van der Waals surface area contributed by atoms with Crippen molar-refractivity contribution in [2.45, 2.75) is 50.1 Å². The number of rotatable bonds is 3. The zero-order chi connectivity index (χ0) is 11.9. The molecule has 2 fully saturated rings. The number of hydrogen-bond donors (Lipinski definition) is 2. The Morgan fingerprint density at radius 3 is 2.67 bits per heavy atom. The van der Waals surface area contributed by atoms with Crippen LogP contribution in [-0.2, 0) is 5.54 Å². The maximum absolute atomic E-state index is 11.7. The predicted molar refractivity (Wildman–Crippen MR) is 66.4 cm³/mol. The lowest BCUT2D eigenvalue weighted by Gasteiger charge is -2.17. The highest BCUT2D eigenvalue weighted by Gasteiger charge is 2.37. The summed E-state index contributed by atoms with van der Waals surface area (Å²) in [6.45, 7) is 0. The average Bonchev–Trinajstić information content (AvgIpc) is 2.84. The van der Waals surface area contributed by atoms with E-state index in [1.165, 1.54) is 0 Å². The fourth-order valence-corrected chi connectivity index (χ4v) is 2.22. The lowest BCUT2D eigenvalue weighted by atomic mass is 9.99. The maximum atomic E-state index is 11.7. The Balaban J connectivity index is 0.00000120. The summed E-state index contributed by atoms with van der Waals surface area (Å²) >= 11 is 0. The highest BCUT2D eigenvalue weighted by Crippen LogP contribution is 2.34. The van der Waals surface area contributed by atoms with Crippen molar-refractivity contribution in [2.75, 3.05) is 0 Å². The Morgan fingerprint density at radius 2 is 2.06 bits per heavy atom. The van der Waals surface area contributed by atoms with Gasteiger partial charge in [-0.1, -0.05) is 18.0 Å². The molecule has 2 aliphatic carbocycles. The molecule has 6 nitrogen and oxygen atoms in total. The number of nitrogens with zero attached hydrogens (tertiary/aromatic N) is 2. The number of nitrogens with two attached hydrogens (primary N) is 1. The van der Waals surface area contributed by atoms with Crippen molar-refractivity contribution < 1.29 is 9.32 Å². The van der Waals surface area contributed by atoms with Crippen molar-refractivity contribution >= 4 is 18.3 Å². The fraction of sp³-hybridized carbons (Fsp3) is 0.727. The second kappa shape index (κ2) is 4.85. The van der Waals surface area contributed by atoms with Gasteiger partial charge in [-0.2, -0.15) is 4.98 Å². The van der Waals surface area contributed by atoms with Crippen LogP contribution in [0.15, 0.2) is 4.52 Å². The molecule has 0 spiro atoms. The molecule has 3 rings (SSSR count). The molecule has 1 heterocycles. The third-order valence-electron chi connectivity index (χ3n) is 3.47. The van der Waals surface area contributed by atoms with Gasteiger partial charge in [-0.15, -0.1) is 12.4 Å². The first-order valence-electron chi connectivity index (χ1n) is 6.11. The second-order valence-electron chi connectivity index (χ2n) is 5.03. The van der Waals surface area contributed by atoms with E-state index >= 15 is 0 Å². The van der Waals surface area contributed by atoms with Crippen molar-refractivity contribution in [3.05, 3.63) is 11.7 Å². The molecule has 1 aromatic rings. The van der Waals surface area contributed by atoms with Crippen molar-refractivity contribution in [1.82, 2.24) is 15.5 Å². The average molecular weight is 273 g/mol. The Labute approximate surface area is 111 Å². The van der Waals surface area contributed by atoms with Crippen LogP contribution in [0.1, 0.15) is 55.0 Å². The van der Waals surface area contributed by atoms with Crippen LogP contribution in [0.2, 0.25) is 0 Å². The van der Waals surface area contributed by atoms with Gasteiger partial charge >= 0.3 is 11.8 Å². The van der Waals surface area contributed by atoms with E-state index < -0.39 is 5.54 Å². The van der Waals surface area contributed by atoms with Crippen LogP contribution in [0.5, 0.6) is 0 Å². The SMILES string of the molecule is Cl.NC1(c2noc(C(=O)NC3CC3)n2)CCCC1. The van der Waals surface area contributed by atoms with Crippen molar-refractivity contribution in [2.24, 2.45) is 5.73 Å². The van der Waals surface area contributed by atoms with E-state index in [0.29, 0.717) is 5.82 Å². The van der Waals surface area contributed by atoms with E-state index in [4.69, 9.17) is 10.3 Å². The van der Waals surface area contributed by atoms with Gasteiger partial charge in [0.25, 0.3) is 0 Å². The van der Waals surface area contributed by atoms with Gasteiger partial charge in [-0.3, -0.25) is 4.79 Å². The normalized spacial score (nSPS) is 21.4. The minimum atomic E-state index is -0.498. The monoisotopic (exact) mass is 272 g/mol. The molecule has 0 aromatic carbocycles. The zero-order valence-electron chi connectivity index (χ0n) is 10.0. The van der Waals surface area contributed by atoms with Gasteiger partial charge in [0.05, 0.1) is 5.54 Å². The number of aromatic nitrogens is 2. The smallest absolute Gasteiger partial charge is 0.316 e. The van der Waals surface area contributed by atoms with E-state index in [1.54, 1.807) is 0 Å². The molecule has 18 heavy (non-hydrogen) atoms.